The van der Waals surface area contributed by atoms with Crippen LogP contribution in [0, 0.1) is 34.5 Å². The Bertz CT molecular complexity index is 696. The number of carbonyl (C=O) groups is 3. The topological polar surface area (TPSA) is 51.2 Å². The van der Waals surface area contributed by atoms with Gasteiger partial charge >= 0.3 is 0 Å². The van der Waals surface area contributed by atoms with Gasteiger partial charge in [0.2, 0.25) is 0 Å². The molecule has 4 heteroatoms. The normalized spacial score (nSPS) is 44.8. The first-order chi connectivity index (χ1) is 12.3. The fourth-order valence-corrected chi connectivity index (χ4v) is 7.98. The number of Topliss-reactive ketones (excluding diaryl/α,β-unsaturated/α-hetero) is 1. The molecule has 4 aliphatic carbocycles. The van der Waals surface area contributed by atoms with E-state index < -0.39 is 0 Å². The fourth-order valence-electron chi connectivity index (χ4n) is 6.97. The van der Waals surface area contributed by atoms with E-state index in [9.17, 15) is 14.4 Å². The lowest BCUT2D eigenvalue weighted by Crippen LogP contribution is -2.52. The van der Waals surface area contributed by atoms with Crippen LogP contribution in [0.25, 0.3) is 0 Å². The van der Waals surface area contributed by atoms with Gasteiger partial charge in [0.05, 0.1) is 0 Å². The molecule has 0 aromatic rings. The molecule has 0 spiro atoms. The van der Waals surface area contributed by atoms with Gasteiger partial charge in [-0.1, -0.05) is 31.2 Å². The Morgan fingerprint density at radius 2 is 1.96 bits per heavy atom. The summed E-state index contributed by atoms with van der Waals surface area (Å²) in [5.74, 6) is 3.33. The van der Waals surface area contributed by atoms with E-state index in [4.69, 9.17) is 0 Å². The summed E-state index contributed by atoms with van der Waals surface area (Å²) < 4.78 is 0. The second-order valence-corrected chi connectivity index (χ2v) is 10.6. The van der Waals surface area contributed by atoms with Crippen LogP contribution in [0.5, 0.6) is 0 Å². The Hall–Kier alpha value is -0.900. The third kappa shape index (κ3) is 2.58. The van der Waals surface area contributed by atoms with Crippen molar-refractivity contribution in [3.63, 3.8) is 0 Å². The minimum absolute atomic E-state index is 0.00334. The summed E-state index contributed by atoms with van der Waals surface area (Å²) in [4.78, 5) is 36.7. The highest BCUT2D eigenvalue weighted by atomic mass is 32.2. The molecule has 0 aromatic carbocycles. The van der Waals surface area contributed by atoms with Crippen molar-refractivity contribution in [3.8, 4) is 0 Å². The summed E-state index contributed by atoms with van der Waals surface area (Å²) in [7, 11) is 0. The molecule has 0 aliphatic heterocycles. The molecule has 4 aliphatic rings. The van der Waals surface area contributed by atoms with E-state index in [1.165, 1.54) is 17.3 Å². The molecule has 0 N–H and O–H groups in total. The number of hydrogen-bond acceptors (Lipinski definition) is 4. The summed E-state index contributed by atoms with van der Waals surface area (Å²) in [5, 5.41) is 0.170. The average molecular weight is 375 g/mol. The lowest BCUT2D eigenvalue weighted by molar-refractivity contribution is -0.134. The number of allylic oxidation sites excluding steroid dienone is 1. The zero-order valence-electron chi connectivity index (χ0n) is 16.2. The van der Waals surface area contributed by atoms with Crippen molar-refractivity contribution in [3.05, 3.63) is 11.6 Å². The van der Waals surface area contributed by atoms with Crippen molar-refractivity contribution >= 4 is 28.4 Å². The minimum atomic E-state index is -0.138. The van der Waals surface area contributed by atoms with Crippen molar-refractivity contribution in [2.45, 2.75) is 65.7 Å². The Morgan fingerprint density at radius 1 is 1.19 bits per heavy atom. The van der Waals surface area contributed by atoms with E-state index in [0.717, 1.165) is 44.3 Å². The quantitative estimate of drug-likeness (QED) is 0.709. The van der Waals surface area contributed by atoms with Gasteiger partial charge in [0.25, 0.3) is 0 Å². The molecule has 3 saturated carbocycles. The predicted molar refractivity (Wildman–Crippen MR) is 104 cm³/mol. The van der Waals surface area contributed by atoms with Crippen molar-refractivity contribution in [1.29, 1.82) is 0 Å². The fraction of sp³-hybridized carbons (Fsp3) is 0.773. The first-order valence-electron chi connectivity index (χ1n) is 10.2. The second kappa shape index (κ2) is 6.32. The standard InChI is InChI=1S/C22H30O3S/c1-13-10-19-17-5-4-15-11-16(24)6-9-22(15,12-26-14(2)23)18(17)7-8-21(19,3)20(13)25/h11,13,17-19H,4-10,12H2,1-3H3/t13?,17-,18-,19+,21+,22-/m1/s1. The molecule has 3 fully saturated rings. The zero-order chi connectivity index (χ0) is 18.7. The highest BCUT2D eigenvalue weighted by molar-refractivity contribution is 8.13. The molecule has 26 heavy (non-hydrogen) atoms. The van der Waals surface area contributed by atoms with Gasteiger partial charge in [-0.3, -0.25) is 14.4 Å². The SMILES string of the molecule is CC(=O)SC[C@]12CCC(=O)C=C1CC[C@@H]1[C@H]2CC[C@]2(C)C(=O)C(C)C[C@@H]12. The van der Waals surface area contributed by atoms with Crippen LogP contribution in [0.15, 0.2) is 11.6 Å². The molecule has 0 saturated heterocycles. The lowest BCUT2D eigenvalue weighted by Gasteiger charge is -2.57. The second-order valence-electron chi connectivity index (χ2n) is 9.44. The van der Waals surface area contributed by atoms with Gasteiger partial charge in [0, 0.05) is 35.8 Å². The Kier molecular flexibility index (Phi) is 4.49. The van der Waals surface area contributed by atoms with Crippen molar-refractivity contribution in [1.82, 2.24) is 0 Å². The molecule has 4 rings (SSSR count). The lowest BCUT2D eigenvalue weighted by atomic mass is 9.47. The van der Waals surface area contributed by atoms with E-state index in [2.05, 4.69) is 13.8 Å². The number of ketones is 2. The van der Waals surface area contributed by atoms with E-state index in [1.54, 1.807) is 6.92 Å². The highest BCUT2D eigenvalue weighted by Crippen LogP contribution is 2.65. The monoisotopic (exact) mass is 374 g/mol. The largest absolute Gasteiger partial charge is 0.299 e. The minimum Gasteiger partial charge on any atom is -0.299 e. The number of carbonyl (C=O) groups excluding carboxylic acids is 3. The van der Waals surface area contributed by atoms with Crippen LogP contribution >= 0.6 is 11.8 Å². The summed E-state index contributed by atoms with van der Waals surface area (Å²) >= 11 is 1.44. The number of fused-ring (bicyclic) bond motifs is 5. The average Bonchev–Trinajstić information content (AvgIpc) is 2.84. The molecule has 1 unspecified atom stereocenters. The Morgan fingerprint density at radius 3 is 2.69 bits per heavy atom. The van der Waals surface area contributed by atoms with Crippen LogP contribution in [-0.2, 0) is 14.4 Å². The Labute approximate surface area is 160 Å². The van der Waals surface area contributed by atoms with Crippen LogP contribution < -0.4 is 0 Å². The number of thioether (sulfide) groups is 1. The summed E-state index contributed by atoms with van der Waals surface area (Å²) in [6.45, 7) is 5.97. The summed E-state index contributed by atoms with van der Waals surface area (Å²) in [5.41, 5.74) is 1.18. The number of hydrogen-bond donors (Lipinski definition) is 0. The smallest absolute Gasteiger partial charge is 0.185 e. The van der Waals surface area contributed by atoms with Gasteiger partial charge in [0.15, 0.2) is 10.9 Å². The maximum Gasteiger partial charge on any atom is 0.185 e. The van der Waals surface area contributed by atoms with Crippen LogP contribution in [0.4, 0.5) is 0 Å². The molecule has 0 heterocycles. The van der Waals surface area contributed by atoms with Crippen molar-refractivity contribution in [2.24, 2.45) is 34.5 Å². The van der Waals surface area contributed by atoms with E-state index in [-0.39, 0.29) is 27.6 Å². The van der Waals surface area contributed by atoms with E-state index in [0.29, 0.717) is 30.0 Å². The van der Waals surface area contributed by atoms with E-state index in [1.807, 2.05) is 6.08 Å². The van der Waals surface area contributed by atoms with Crippen LogP contribution in [-0.4, -0.2) is 22.4 Å². The van der Waals surface area contributed by atoms with Gasteiger partial charge in [-0.2, -0.15) is 0 Å². The summed E-state index contributed by atoms with van der Waals surface area (Å²) in [6.07, 6.45) is 8.59. The molecule has 0 aromatic heterocycles. The Balaban J connectivity index is 1.71. The number of rotatable bonds is 2. The first-order valence-corrected chi connectivity index (χ1v) is 11.2. The molecule has 0 radical (unpaired) electrons. The van der Waals surface area contributed by atoms with Crippen LogP contribution in [0.3, 0.4) is 0 Å². The molecule has 3 nitrogen and oxygen atoms in total. The van der Waals surface area contributed by atoms with Crippen LogP contribution in [0.2, 0.25) is 0 Å². The highest BCUT2D eigenvalue weighted by Gasteiger charge is 2.61. The molecular formula is C22H30O3S. The molecular weight excluding hydrogens is 344 g/mol. The first kappa shape index (κ1) is 18.5. The van der Waals surface area contributed by atoms with Gasteiger partial charge in [-0.25, -0.2) is 0 Å². The predicted octanol–water partition coefficient (Wildman–Crippen LogP) is 4.59. The zero-order valence-corrected chi connectivity index (χ0v) is 17.0. The third-order valence-corrected chi connectivity index (χ3v) is 9.29. The van der Waals surface area contributed by atoms with Gasteiger partial charge < -0.3 is 0 Å². The molecule has 6 atom stereocenters. The molecule has 0 bridgehead atoms. The van der Waals surface area contributed by atoms with Crippen molar-refractivity contribution in [2.75, 3.05) is 5.75 Å². The van der Waals surface area contributed by atoms with Crippen LogP contribution in [0.1, 0.15) is 65.7 Å². The molecule has 0 amide bonds. The van der Waals surface area contributed by atoms with E-state index >= 15 is 0 Å². The van der Waals surface area contributed by atoms with Gasteiger partial charge in [0.1, 0.15) is 5.78 Å². The van der Waals surface area contributed by atoms with Gasteiger partial charge in [-0.15, -0.1) is 0 Å². The summed E-state index contributed by atoms with van der Waals surface area (Å²) in [6, 6.07) is 0. The van der Waals surface area contributed by atoms with Crippen molar-refractivity contribution < 1.29 is 14.4 Å². The maximum absolute atomic E-state index is 12.9. The third-order valence-electron chi connectivity index (χ3n) is 8.23. The van der Waals surface area contributed by atoms with Gasteiger partial charge in [-0.05, 0) is 62.4 Å². The maximum atomic E-state index is 12.9. The molecule has 142 valence electrons.